The van der Waals surface area contributed by atoms with Crippen LogP contribution in [0.4, 0.5) is 0 Å². The normalized spacial score (nSPS) is 12.0. The van der Waals surface area contributed by atoms with E-state index in [1.54, 1.807) is 12.1 Å². The first-order valence-corrected chi connectivity index (χ1v) is 10.2. The van der Waals surface area contributed by atoms with Gasteiger partial charge in [0.05, 0.1) is 10.3 Å². The molecule has 28 heavy (non-hydrogen) atoms. The molecule has 0 aliphatic rings. The summed E-state index contributed by atoms with van der Waals surface area (Å²) in [6.07, 6.45) is 0. The van der Waals surface area contributed by atoms with Crippen LogP contribution in [-0.4, -0.2) is 25.8 Å². The van der Waals surface area contributed by atoms with Gasteiger partial charge < -0.3 is 9.30 Å². The van der Waals surface area contributed by atoms with Gasteiger partial charge >= 0.3 is 0 Å². The molecular formula is C21H22ClN3O2S. The van der Waals surface area contributed by atoms with Crippen LogP contribution in [0.3, 0.4) is 0 Å². The van der Waals surface area contributed by atoms with E-state index in [9.17, 15) is 4.79 Å². The highest BCUT2D eigenvalue weighted by molar-refractivity contribution is 8.00. The number of hydrogen-bond acceptors (Lipinski definition) is 5. The quantitative estimate of drug-likeness (QED) is 0.400. The van der Waals surface area contributed by atoms with Crippen LogP contribution in [0, 0.1) is 13.8 Å². The minimum absolute atomic E-state index is 0.0740. The monoisotopic (exact) mass is 415 g/mol. The highest BCUT2D eigenvalue weighted by Gasteiger charge is 2.20. The van der Waals surface area contributed by atoms with Crippen LogP contribution >= 0.6 is 23.4 Å². The van der Waals surface area contributed by atoms with E-state index in [0.29, 0.717) is 27.3 Å². The molecule has 1 unspecified atom stereocenters. The Hall–Kier alpha value is -2.31. The minimum atomic E-state index is -0.276. The van der Waals surface area contributed by atoms with Crippen molar-refractivity contribution in [3.63, 3.8) is 0 Å². The van der Waals surface area contributed by atoms with Crippen LogP contribution in [-0.2, 0) is 13.7 Å². The van der Waals surface area contributed by atoms with Crippen molar-refractivity contribution in [2.45, 2.75) is 37.8 Å². The van der Waals surface area contributed by atoms with Crippen LogP contribution in [0.5, 0.6) is 5.75 Å². The molecule has 0 radical (unpaired) electrons. The number of ketones is 1. The summed E-state index contributed by atoms with van der Waals surface area (Å²) in [4.78, 5) is 12.8. The van der Waals surface area contributed by atoms with E-state index in [-0.39, 0.29) is 17.6 Å². The summed E-state index contributed by atoms with van der Waals surface area (Å²) in [5.74, 6) is 1.33. The van der Waals surface area contributed by atoms with Gasteiger partial charge in [0.2, 0.25) is 0 Å². The smallest absolute Gasteiger partial charge is 0.191 e. The van der Waals surface area contributed by atoms with Gasteiger partial charge in [-0.25, -0.2) is 0 Å². The lowest BCUT2D eigenvalue weighted by molar-refractivity contribution is 0.0993. The SMILES string of the molecule is Cc1ccc(C(=O)C(C)Sc2nnc(COc3ccccc3Cl)n2C)cc1C. The summed E-state index contributed by atoms with van der Waals surface area (Å²) < 4.78 is 7.57. The van der Waals surface area contributed by atoms with Crippen molar-refractivity contribution >= 4 is 29.1 Å². The summed E-state index contributed by atoms with van der Waals surface area (Å²) in [7, 11) is 1.86. The first-order chi connectivity index (χ1) is 13.4. The summed E-state index contributed by atoms with van der Waals surface area (Å²) in [5, 5.41) is 9.33. The predicted octanol–water partition coefficient (Wildman–Crippen LogP) is 5.03. The molecular weight excluding hydrogens is 394 g/mol. The minimum Gasteiger partial charge on any atom is -0.484 e. The number of para-hydroxylation sites is 1. The number of thioether (sulfide) groups is 1. The molecule has 0 saturated carbocycles. The molecule has 1 atom stereocenters. The topological polar surface area (TPSA) is 57.0 Å². The maximum atomic E-state index is 12.8. The van der Waals surface area contributed by atoms with Crippen molar-refractivity contribution in [2.75, 3.05) is 0 Å². The zero-order chi connectivity index (χ0) is 20.3. The number of benzene rings is 2. The highest BCUT2D eigenvalue weighted by atomic mass is 35.5. The Balaban J connectivity index is 1.67. The molecule has 0 aliphatic carbocycles. The zero-order valence-electron chi connectivity index (χ0n) is 16.3. The molecule has 146 valence electrons. The second kappa shape index (κ2) is 8.80. The Morgan fingerprint density at radius 3 is 2.64 bits per heavy atom. The van der Waals surface area contributed by atoms with Crippen molar-refractivity contribution in [3.8, 4) is 5.75 Å². The Bertz CT molecular complexity index is 1000. The van der Waals surface area contributed by atoms with Gasteiger partial charge in [-0.1, -0.05) is 47.6 Å². The molecule has 3 aromatic rings. The third-order valence-electron chi connectivity index (χ3n) is 4.56. The van der Waals surface area contributed by atoms with Crippen molar-refractivity contribution < 1.29 is 9.53 Å². The lowest BCUT2D eigenvalue weighted by Gasteiger charge is -2.11. The van der Waals surface area contributed by atoms with E-state index >= 15 is 0 Å². The fourth-order valence-electron chi connectivity index (χ4n) is 2.62. The van der Waals surface area contributed by atoms with Gasteiger partial charge in [0.1, 0.15) is 12.4 Å². The first-order valence-electron chi connectivity index (χ1n) is 8.90. The molecule has 0 fully saturated rings. The lowest BCUT2D eigenvalue weighted by atomic mass is 10.0. The molecule has 1 heterocycles. The number of halogens is 1. The summed E-state index contributed by atoms with van der Waals surface area (Å²) in [6, 6.07) is 13.1. The molecule has 0 aliphatic heterocycles. The van der Waals surface area contributed by atoms with Crippen molar-refractivity contribution in [1.82, 2.24) is 14.8 Å². The summed E-state index contributed by atoms with van der Waals surface area (Å²) in [5.41, 5.74) is 3.00. The molecule has 2 aromatic carbocycles. The van der Waals surface area contributed by atoms with Crippen LogP contribution in [0.25, 0.3) is 0 Å². The van der Waals surface area contributed by atoms with Crippen LogP contribution in [0.2, 0.25) is 5.02 Å². The van der Waals surface area contributed by atoms with Gasteiger partial charge in [-0.2, -0.15) is 0 Å². The number of rotatable bonds is 7. The third-order valence-corrected chi connectivity index (χ3v) is 6.01. The van der Waals surface area contributed by atoms with Gasteiger partial charge in [0.25, 0.3) is 0 Å². The van der Waals surface area contributed by atoms with Gasteiger partial charge in [0.15, 0.2) is 16.8 Å². The van der Waals surface area contributed by atoms with E-state index in [0.717, 1.165) is 5.56 Å². The predicted molar refractivity (Wildman–Crippen MR) is 112 cm³/mol. The second-order valence-electron chi connectivity index (χ2n) is 6.60. The molecule has 0 spiro atoms. The molecule has 0 amide bonds. The third kappa shape index (κ3) is 4.56. The largest absolute Gasteiger partial charge is 0.484 e. The second-order valence-corrected chi connectivity index (χ2v) is 8.32. The standard InChI is InChI=1S/C21H22ClN3O2S/c1-13-9-10-16(11-14(13)2)20(26)15(3)28-21-24-23-19(25(21)4)12-27-18-8-6-5-7-17(18)22/h5-11,15H,12H2,1-4H3. The van der Waals surface area contributed by atoms with Crippen molar-refractivity contribution in [1.29, 1.82) is 0 Å². The summed E-state index contributed by atoms with van der Waals surface area (Å²) >= 11 is 7.50. The van der Waals surface area contributed by atoms with Crippen LogP contribution in [0.15, 0.2) is 47.6 Å². The number of Topliss-reactive ketones (excluding diaryl/α,β-unsaturated/α-hetero) is 1. The van der Waals surface area contributed by atoms with Crippen molar-refractivity contribution in [2.24, 2.45) is 7.05 Å². The van der Waals surface area contributed by atoms with E-state index in [2.05, 4.69) is 10.2 Å². The Morgan fingerprint density at radius 2 is 1.93 bits per heavy atom. The number of carbonyl (C=O) groups excluding carboxylic acids is 1. The van der Waals surface area contributed by atoms with Gasteiger partial charge in [-0.15, -0.1) is 10.2 Å². The van der Waals surface area contributed by atoms with Crippen LogP contribution < -0.4 is 4.74 Å². The van der Waals surface area contributed by atoms with E-state index in [1.165, 1.54) is 17.3 Å². The number of carbonyl (C=O) groups is 1. The number of nitrogens with zero attached hydrogens (tertiary/aromatic N) is 3. The Labute approximate surface area is 174 Å². The molecule has 0 N–H and O–H groups in total. The van der Waals surface area contributed by atoms with E-state index < -0.39 is 0 Å². The fraction of sp³-hybridized carbons (Fsp3) is 0.286. The Kier molecular flexibility index (Phi) is 6.42. The number of ether oxygens (including phenoxy) is 1. The molecule has 3 rings (SSSR count). The average molecular weight is 416 g/mol. The van der Waals surface area contributed by atoms with Gasteiger partial charge in [-0.3, -0.25) is 4.79 Å². The van der Waals surface area contributed by atoms with Crippen molar-refractivity contribution in [3.05, 3.63) is 70.0 Å². The fourth-order valence-corrected chi connectivity index (χ4v) is 3.72. The molecule has 0 bridgehead atoms. The first kappa shape index (κ1) is 20.4. The highest BCUT2D eigenvalue weighted by Crippen LogP contribution is 2.27. The number of aryl methyl sites for hydroxylation is 2. The van der Waals surface area contributed by atoms with Crippen LogP contribution in [0.1, 0.15) is 34.2 Å². The maximum absolute atomic E-state index is 12.8. The molecule has 1 aromatic heterocycles. The molecule has 5 nitrogen and oxygen atoms in total. The summed E-state index contributed by atoms with van der Waals surface area (Å²) in [6.45, 7) is 6.18. The maximum Gasteiger partial charge on any atom is 0.191 e. The Morgan fingerprint density at radius 1 is 1.18 bits per heavy atom. The van der Waals surface area contributed by atoms with E-state index in [1.807, 2.05) is 62.7 Å². The average Bonchev–Trinajstić information content (AvgIpc) is 3.02. The van der Waals surface area contributed by atoms with E-state index in [4.69, 9.17) is 16.3 Å². The lowest BCUT2D eigenvalue weighted by Crippen LogP contribution is -2.15. The molecule has 7 heteroatoms. The number of hydrogen-bond donors (Lipinski definition) is 0. The zero-order valence-corrected chi connectivity index (χ0v) is 17.8. The number of aromatic nitrogens is 3. The van der Waals surface area contributed by atoms with Gasteiger partial charge in [-0.05, 0) is 50.1 Å². The van der Waals surface area contributed by atoms with Gasteiger partial charge in [0, 0.05) is 12.6 Å². The molecule has 0 saturated heterocycles.